The highest BCUT2D eigenvalue weighted by Gasteiger charge is 1.96. The van der Waals surface area contributed by atoms with E-state index < -0.39 is 0 Å². The molecule has 0 unspecified atom stereocenters. The third kappa shape index (κ3) is 4.21. The van der Waals surface area contributed by atoms with Gasteiger partial charge in [-0.3, -0.25) is 0 Å². The van der Waals surface area contributed by atoms with Crippen LogP contribution in [0.25, 0.3) is 6.08 Å². The number of nitrogens with two attached hydrogens (primary N) is 1. The Labute approximate surface area is 85.1 Å². The molecule has 0 spiro atoms. The molecule has 2 nitrogen and oxygen atoms in total. The van der Waals surface area contributed by atoms with Crippen molar-refractivity contribution < 1.29 is 5.11 Å². The van der Waals surface area contributed by atoms with Crippen molar-refractivity contribution in [1.82, 2.24) is 0 Å². The van der Waals surface area contributed by atoms with Gasteiger partial charge in [-0.25, -0.2) is 0 Å². The summed E-state index contributed by atoms with van der Waals surface area (Å²) in [4.78, 5) is 0. The van der Waals surface area contributed by atoms with Crippen LogP contribution < -0.4 is 5.73 Å². The van der Waals surface area contributed by atoms with Crippen molar-refractivity contribution in [2.45, 2.75) is 18.9 Å². The van der Waals surface area contributed by atoms with Gasteiger partial charge in [0.05, 0.1) is 6.61 Å². The van der Waals surface area contributed by atoms with E-state index in [-0.39, 0.29) is 12.6 Å². The van der Waals surface area contributed by atoms with Crippen molar-refractivity contribution in [1.29, 1.82) is 0 Å². The summed E-state index contributed by atoms with van der Waals surface area (Å²) in [7, 11) is 0. The first-order chi connectivity index (χ1) is 6.83. The number of benzene rings is 1. The predicted molar refractivity (Wildman–Crippen MR) is 59.8 cm³/mol. The third-order valence-electron chi connectivity index (χ3n) is 2.05. The van der Waals surface area contributed by atoms with Gasteiger partial charge in [0.15, 0.2) is 0 Å². The maximum Gasteiger partial charge on any atom is 0.0582 e. The molecule has 1 aromatic rings. The Morgan fingerprint density at radius 2 is 2.00 bits per heavy atom. The topological polar surface area (TPSA) is 46.2 Å². The first-order valence-electron chi connectivity index (χ1n) is 4.91. The molecule has 3 N–H and O–H groups in total. The summed E-state index contributed by atoms with van der Waals surface area (Å²) in [6, 6.07) is 10.1. The van der Waals surface area contributed by atoms with Crippen LogP contribution in [0.4, 0.5) is 0 Å². The second-order valence-electron chi connectivity index (χ2n) is 3.33. The number of hydrogen-bond donors (Lipinski definition) is 2. The molecule has 0 saturated heterocycles. The lowest BCUT2D eigenvalue weighted by Gasteiger charge is -2.03. The Morgan fingerprint density at radius 1 is 1.29 bits per heavy atom. The molecule has 0 aliphatic rings. The van der Waals surface area contributed by atoms with Crippen LogP contribution in [-0.2, 0) is 0 Å². The molecule has 14 heavy (non-hydrogen) atoms. The van der Waals surface area contributed by atoms with Gasteiger partial charge in [0.1, 0.15) is 0 Å². The van der Waals surface area contributed by atoms with Gasteiger partial charge in [-0.1, -0.05) is 42.5 Å². The van der Waals surface area contributed by atoms with Crippen LogP contribution >= 0.6 is 0 Å². The van der Waals surface area contributed by atoms with Crippen LogP contribution in [0, 0.1) is 0 Å². The number of aliphatic hydroxyl groups is 1. The molecule has 0 aliphatic carbocycles. The first kappa shape index (κ1) is 11.0. The van der Waals surface area contributed by atoms with Crippen molar-refractivity contribution in [2.24, 2.45) is 5.73 Å². The average Bonchev–Trinajstić information content (AvgIpc) is 2.25. The Hall–Kier alpha value is -1.12. The molecule has 76 valence electrons. The first-order valence-corrected chi connectivity index (χ1v) is 4.91. The number of hydrogen-bond acceptors (Lipinski definition) is 2. The lowest BCUT2D eigenvalue weighted by Crippen LogP contribution is -2.23. The molecule has 0 heterocycles. The Bertz CT molecular complexity index is 269. The van der Waals surface area contributed by atoms with E-state index in [0.717, 1.165) is 12.8 Å². The zero-order valence-electron chi connectivity index (χ0n) is 8.26. The van der Waals surface area contributed by atoms with Gasteiger partial charge in [0.2, 0.25) is 0 Å². The second kappa shape index (κ2) is 6.35. The van der Waals surface area contributed by atoms with Crippen LogP contribution in [0.2, 0.25) is 0 Å². The van der Waals surface area contributed by atoms with Gasteiger partial charge >= 0.3 is 0 Å². The minimum atomic E-state index is -0.0876. The van der Waals surface area contributed by atoms with Crippen molar-refractivity contribution in [2.75, 3.05) is 6.61 Å². The smallest absolute Gasteiger partial charge is 0.0582 e. The molecule has 0 saturated carbocycles. The number of rotatable bonds is 5. The van der Waals surface area contributed by atoms with E-state index in [4.69, 9.17) is 10.8 Å². The molecule has 2 heteroatoms. The summed E-state index contributed by atoms with van der Waals surface area (Å²) in [5, 5.41) is 8.70. The third-order valence-corrected chi connectivity index (χ3v) is 2.05. The Balaban J connectivity index is 2.28. The highest BCUT2D eigenvalue weighted by Crippen LogP contribution is 2.03. The van der Waals surface area contributed by atoms with Gasteiger partial charge in [-0.15, -0.1) is 0 Å². The van der Waals surface area contributed by atoms with Crippen molar-refractivity contribution >= 4 is 6.08 Å². The van der Waals surface area contributed by atoms with Crippen LogP contribution in [-0.4, -0.2) is 17.8 Å². The fourth-order valence-electron chi connectivity index (χ4n) is 1.19. The van der Waals surface area contributed by atoms with E-state index in [1.54, 1.807) is 0 Å². The molecule has 1 atom stereocenters. The fourth-order valence-corrected chi connectivity index (χ4v) is 1.19. The van der Waals surface area contributed by atoms with E-state index in [9.17, 15) is 0 Å². The fraction of sp³-hybridized carbons (Fsp3) is 0.333. The Kier molecular flexibility index (Phi) is 4.97. The average molecular weight is 191 g/mol. The van der Waals surface area contributed by atoms with Gasteiger partial charge < -0.3 is 10.8 Å². The molecule has 1 rings (SSSR count). The largest absolute Gasteiger partial charge is 0.395 e. The lowest BCUT2D eigenvalue weighted by atomic mass is 10.1. The number of allylic oxidation sites excluding steroid dienone is 1. The van der Waals surface area contributed by atoms with Crippen molar-refractivity contribution in [3.8, 4) is 0 Å². The van der Waals surface area contributed by atoms with Crippen molar-refractivity contribution in [3.05, 3.63) is 42.0 Å². The van der Waals surface area contributed by atoms with E-state index in [2.05, 4.69) is 24.3 Å². The number of aliphatic hydroxyl groups excluding tert-OH is 1. The van der Waals surface area contributed by atoms with E-state index in [0.29, 0.717) is 0 Å². The zero-order valence-corrected chi connectivity index (χ0v) is 8.26. The van der Waals surface area contributed by atoms with E-state index >= 15 is 0 Å². The predicted octanol–water partition coefficient (Wildman–Crippen LogP) is 1.80. The van der Waals surface area contributed by atoms with Gasteiger partial charge in [0.25, 0.3) is 0 Å². The standard InChI is InChI=1S/C12H17NO/c13-12(10-14)9-5-4-8-11-6-2-1-3-7-11/h1-4,6-8,12,14H,5,9-10,13H2/t12-/m0/s1. The molecule has 1 aromatic carbocycles. The SMILES string of the molecule is N[C@H](CO)CCC=Cc1ccccc1. The van der Waals surface area contributed by atoms with Crippen LogP contribution in [0.1, 0.15) is 18.4 Å². The van der Waals surface area contributed by atoms with Gasteiger partial charge in [-0.2, -0.15) is 0 Å². The minimum absolute atomic E-state index is 0.0686. The van der Waals surface area contributed by atoms with Gasteiger partial charge in [-0.05, 0) is 18.4 Å². The molecule has 0 fully saturated rings. The molecular formula is C12H17NO. The maximum atomic E-state index is 8.70. The summed E-state index contributed by atoms with van der Waals surface area (Å²) >= 11 is 0. The van der Waals surface area contributed by atoms with Crippen LogP contribution in [0.15, 0.2) is 36.4 Å². The van der Waals surface area contributed by atoms with Crippen LogP contribution in [0.3, 0.4) is 0 Å². The zero-order chi connectivity index (χ0) is 10.2. The quantitative estimate of drug-likeness (QED) is 0.745. The molecule has 0 aromatic heterocycles. The summed E-state index contributed by atoms with van der Waals surface area (Å²) in [6.07, 6.45) is 5.91. The summed E-state index contributed by atoms with van der Waals surface area (Å²) in [5.41, 5.74) is 6.77. The highest BCUT2D eigenvalue weighted by molar-refractivity contribution is 5.48. The monoisotopic (exact) mass is 191 g/mol. The van der Waals surface area contributed by atoms with E-state index in [1.807, 2.05) is 18.2 Å². The van der Waals surface area contributed by atoms with Crippen molar-refractivity contribution in [3.63, 3.8) is 0 Å². The molecular weight excluding hydrogens is 174 g/mol. The molecule has 0 radical (unpaired) electrons. The maximum absolute atomic E-state index is 8.70. The minimum Gasteiger partial charge on any atom is -0.395 e. The second-order valence-corrected chi connectivity index (χ2v) is 3.33. The van der Waals surface area contributed by atoms with E-state index in [1.165, 1.54) is 5.56 Å². The Morgan fingerprint density at radius 3 is 2.64 bits per heavy atom. The van der Waals surface area contributed by atoms with Gasteiger partial charge in [0, 0.05) is 6.04 Å². The normalized spacial score (nSPS) is 13.3. The van der Waals surface area contributed by atoms with Crippen LogP contribution in [0.5, 0.6) is 0 Å². The molecule has 0 aliphatic heterocycles. The molecule has 0 amide bonds. The summed E-state index contributed by atoms with van der Waals surface area (Å²) in [5.74, 6) is 0. The summed E-state index contributed by atoms with van der Waals surface area (Å²) < 4.78 is 0. The lowest BCUT2D eigenvalue weighted by molar-refractivity contribution is 0.260. The summed E-state index contributed by atoms with van der Waals surface area (Å²) in [6.45, 7) is 0.0686. The molecule has 0 bridgehead atoms. The highest BCUT2D eigenvalue weighted by atomic mass is 16.3.